The molecule has 1 aromatic heterocycles. The fourth-order valence-electron chi connectivity index (χ4n) is 2.22. The second-order valence-corrected chi connectivity index (χ2v) is 5.65. The normalized spacial score (nSPS) is 12.6. The van der Waals surface area contributed by atoms with Crippen LogP contribution in [0.1, 0.15) is 35.4 Å². The van der Waals surface area contributed by atoms with Gasteiger partial charge in [0.15, 0.2) is 0 Å². The number of likely N-dealkylation sites (N-methyl/N-ethyl adjacent to an activating group) is 1. The monoisotopic (exact) mass is 259 g/mol. The topological polar surface area (TPSA) is 12.0 Å². The van der Waals surface area contributed by atoms with Crippen LogP contribution in [0, 0.1) is 0 Å². The van der Waals surface area contributed by atoms with Gasteiger partial charge in [-0.3, -0.25) is 0 Å². The molecule has 1 atom stereocenters. The van der Waals surface area contributed by atoms with Crippen molar-refractivity contribution in [3.05, 3.63) is 57.8 Å². The van der Waals surface area contributed by atoms with Gasteiger partial charge in [0.1, 0.15) is 0 Å². The molecular weight excluding hydrogens is 238 g/mol. The first-order valence-electron chi connectivity index (χ1n) is 6.62. The number of rotatable bonds is 6. The van der Waals surface area contributed by atoms with E-state index >= 15 is 0 Å². The van der Waals surface area contributed by atoms with Crippen molar-refractivity contribution in [3.63, 3.8) is 0 Å². The van der Waals surface area contributed by atoms with Crippen molar-refractivity contribution in [2.45, 2.75) is 32.2 Å². The minimum absolute atomic E-state index is 0.416. The van der Waals surface area contributed by atoms with Crippen LogP contribution in [0.15, 0.2) is 41.8 Å². The zero-order chi connectivity index (χ0) is 12.8. The third-order valence-electron chi connectivity index (χ3n) is 3.25. The summed E-state index contributed by atoms with van der Waals surface area (Å²) in [5, 5.41) is 5.56. The highest BCUT2D eigenvalue weighted by Crippen LogP contribution is 2.21. The molecule has 1 aromatic carbocycles. The molecule has 0 saturated heterocycles. The molecule has 18 heavy (non-hydrogen) atoms. The number of hydrogen-bond acceptors (Lipinski definition) is 2. The quantitative estimate of drug-likeness (QED) is 0.819. The van der Waals surface area contributed by atoms with Crippen molar-refractivity contribution < 1.29 is 0 Å². The van der Waals surface area contributed by atoms with Crippen LogP contribution in [0.4, 0.5) is 0 Å². The van der Waals surface area contributed by atoms with Gasteiger partial charge in [0.2, 0.25) is 0 Å². The van der Waals surface area contributed by atoms with E-state index in [9.17, 15) is 0 Å². The van der Waals surface area contributed by atoms with E-state index in [-0.39, 0.29) is 0 Å². The summed E-state index contributed by atoms with van der Waals surface area (Å²) in [5.41, 5.74) is 2.82. The van der Waals surface area contributed by atoms with E-state index in [1.165, 1.54) is 28.8 Å². The molecule has 0 saturated carbocycles. The minimum atomic E-state index is 0.416. The fraction of sp³-hybridized carbons (Fsp3) is 0.375. The highest BCUT2D eigenvalue weighted by atomic mass is 32.1. The molecule has 0 fully saturated rings. The van der Waals surface area contributed by atoms with E-state index in [2.05, 4.69) is 54.0 Å². The molecular formula is C16H21NS. The van der Waals surface area contributed by atoms with Gasteiger partial charge in [0, 0.05) is 17.3 Å². The number of thiophene rings is 1. The third kappa shape index (κ3) is 3.44. The van der Waals surface area contributed by atoms with Gasteiger partial charge in [-0.05, 0) is 36.0 Å². The van der Waals surface area contributed by atoms with Crippen molar-refractivity contribution in [1.82, 2.24) is 5.32 Å². The first-order valence-corrected chi connectivity index (χ1v) is 7.50. The van der Waals surface area contributed by atoms with Gasteiger partial charge < -0.3 is 5.32 Å². The largest absolute Gasteiger partial charge is 0.313 e. The molecule has 1 unspecified atom stereocenters. The molecule has 0 radical (unpaired) electrons. The SMILES string of the molecule is CCCc1ccc(C(Cc2cccs2)NC)cc1. The lowest BCUT2D eigenvalue weighted by molar-refractivity contribution is 0.596. The van der Waals surface area contributed by atoms with E-state index in [4.69, 9.17) is 0 Å². The van der Waals surface area contributed by atoms with E-state index in [0.717, 1.165) is 6.42 Å². The Kier molecular flexibility index (Phi) is 4.97. The van der Waals surface area contributed by atoms with Crippen LogP contribution in [-0.4, -0.2) is 7.05 Å². The molecule has 1 nitrogen and oxygen atoms in total. The van der Waals surface area contributed by atoms with Gasteiger partial charge in [0.25, 0.3) is 0 Å². The number of aryl methyl sites for hydroxylation is 1. The average molecular weight is 259 g/mol. The molecule has 1 heterocycles. The lowest BCUT2D eigenvalue weighted by Crippen LogP contribution is -2.18. The predicted molar refractivity (Wildman–Crippen MR) is 80.3 cm³/mol. The smallest absolute Gasteiger partial charge is 0.0366 e. The summed E-state index contributed by atoms with van der Waals surface area (Å²) in [6.45, 7) is 2.22. The summed E-state index contributed by atoms with van der Waals surface area (Å²) < 4.78 is 0. The van der Waals surface area contributed by atoms with Gasteiger partial charge in [0.05, 0.1) is 0 Å². The molecule has 96 valence electrons. The summed E-state index contributed by atoms with van der Waals surface area (Å²) in [7, 11) is 2.04. The summed E-state index contributed by atoms with van der Waals surface area (Å²) in [6, 6.07) is 13.8. The van der Waals surface area contributed by atoms with Crippen LogP contribution in [0.25, 0.3) is 0 Å². The predicted octanol–water partition coefficient (Wildman–Crippen LogP) is 4.20. The van der Waals surface area contributed by atoms with Gasteiger partial charge in [-0.15, -0.1) is 11.3 Å². The summed E-state index contributed by atoms with van der Waals surface area (Å²) >= 11 is 1.83. The third-order valence-corrected chi connectivity index (χ3v) is 4.15. The molecule has 1 N–H and O–H groups in total. The summed E-state index contributed by atoms with van der Waals surface area (Å²) in [5.74, 6) is 0. The Morgan fingerprint density at radius 2 is 1.94 bits per heavy atom. The van der Waals surface area contributed by atoms with Crippen LogP contribution >= 0.6 is 11.3 Å². The van der Waals surface area contributed by atoms with Gasteiger partial charge in [-0.2, -0.15) is 0 Å². The van der Waals surface area contributed by atoms with E-state index in [1.807, 2.05) is 18.4 Å². The average Bonchev–Trinajstić information content (AvgIpc) is 2.90. The Labute approximate surface area is 114 Å². The first-order chi connectivity index (χ1) is 8.83. The number of hydrogen-bond donors (Lipinski definition) is 1. The lowest BCUT2D eigenvalue weighted by Gasteiger charge is -2.16. The second kappa shape index (κ2) is 6.72. The summed E-state index contributed by atoms with van der Waals surface area (Å²) in [6.07, 6.45) is 3.46. The number of benzene rings is 1. The van der Waals surface area contributed by atoms with Crippen LogP contribution in [0.2, 0.25) is 0 Å². The van der Waals surface area contributed by atoms with Crippen LogP contribution in [-0.2, 0) is 12.8 Å². The first kappa shape index (κ1) is 13.3. The van der Waals surface area contributed by atoms with Crippen LogP contribution in [0.5, 0.6) is 0 Å². The Morgan fingerprint density at radius 3 is 2.50 bits per heavy atom. The van der Waals surface area contributed by atoms with Crippen molar-refractivity contribution in [1.29, 1.82) is 0 Å². The highest BCUT2D eigenvalue weighted by molar-refractivity contribution is 7.09. The highest BCUT2D eigenvalue weighted by Gasteiger charge is 2.10. The Bertz CT molecular complexity index is 444. The van der Waals surface area contributed by atoms with Gasteiger partial charge >= 0.3 is 0 Å². The molecule has 0 aliphatic carbocycles. The molecule has 0 bridgehead atoms. The molecule has 2 aromatic rings. The van der Waals surface area contributed by atoms with Crippen molar-refractivity contribution >= 4 is 11.3 Å². The fourth-order valence-corrected chi connectivity index (χ4v) is 2.97. The van der Waals surface area contributed by atoms with E-state index < -0.39 is 0 Å². The zero-order valence-electron chi connectivity index (χ0n) is 11.1. The second-order valence-electron chi connectivity index (χ2n) is 4.62. The molecule has 0 aliphatic rings. The van der Waals surface area contributed by atoms with Crippen LogP contribution < -0.4 is 5.32 Å². The van der Waals surface area contributed by atoms with E-state index in [0.29, 0.717) is 6.04 Å². The maximum Gasteiger partial charge on any atom is 0.0366 e. The number of nitrogens with one attached hydrogen (secondary N) is 1. The molecule has 2 rings (SSSR count). The van der Waals surface area contributed by atoms with Gasteiger partial charge in [-0.25, -0.2) is 0 Å². The summed E-state index contributed by atoms with van der Waals surface area (Å²) in [4.78, 5) is 1.44. The van der Waals surface area contributed by atoms with Crippen molar-refractivity contribution in [2.24, 2.45) is 0 Å². The maximum atomic E-state index is 3.41. The van der Waals surface area contributed by atoms with Crippen molar-refractivity contribution in [2.75, 3.05) is 7.05 Å². The zero-order valence-corrected chi connectivity index (χ0v) is 12.0. The molecule has 0 aliphatic heterocycles. The Morgan fingerprint density at radius 1 is 1.17 bits per heavy atom. The van der Waals surface area contributed by atoms with Crippen LogP contribution in [0.3, 0.4) is 0 Å². The van der Waals surface area contributed by atoms with Gasteiger partial charge in [-0.1, -0.05) is 43.7 Å². The standard InChI is InChI=1S/C16H21NS/c1-3-5-13-7-9-14(10-8-13)16(17-2)12-15-6-4-11-18-15/h4,6-11,16-17H,3,5,12H2,1-2H3. The van der Waals surface area contributed by atoms with E-state index in [1.54, 1.807) is 0 Å². The minimum Gasteiger partial charge on any atom is -0.313 e. The van der Waals surface area contributed by atoms with Crippen molar-refractivity contribution in [3.8, 4) is 0 Å². The molecule has 0 spiro atoms. The molecule has 0 amide bonds. The lowest BCUT2D eigenvalue weighted by atomic mass is 10.0. The Balaban J connectivity index is 2.07. The Hall–Kier alpha value is -1.12. The molecule has 2 heteroatoms. The maximum absolute atomic E-state index is 3.41.